The smallest absolute Gasteiger partial charge is 0.243 e. The average Bonchev–Trinajstić information content (AvgIpc) is 2.92. The summed E-state index contributed by atoms with van der Waals surface area (Å²) in [7, 11) is 3.19. The first-order valence-corrected chi connectivity index (χ1v) is 13.7. The zero-order chi connectivity index (χ0) is 27.5. The third kappa shape index (κ3) is 8.62. The van der Waals surface area contributed by atoms with Crippen molar-refractivity contribution in [1.29, 1.82) is 0 Å². The highest BCUT2D eigenvalue weighted by Crippen LogP contribution is 2.28. The quantitative estimate of drug-likeness (QED) is 0.277. The predicted octanol–water partition coefficient (Wildman–Crippen LogP) is 5.81. The Morgan fingerprint density at radius 2 is 1.58 bits per heavy atom. The second-order valence-electron chi connectivity index (χ2n) is 9.69. The maximum atomic E-state index is 13.8. The number of aryl methyl sites for hydroxylation is 1. The highest BCUT2D eigenvalue weighted by atomic mass is 79.9. The first-order valence-electron chi connectivity index (χ1n) is 12.9. The van der Waals surface area contributed by atoms with E-state index in [-0.39, 0.29) is 18.2 Å². The fourth-order valence-electron chi connectivity index (χ4n) is 4.24. The lowest BCUT2D eigenvalue weighted by Gasteiger charge is -2.32. The van der Waals surface area contributed by atoms with Crippen LogP contribution in [0.15, 0.2) is 77.3 Å². The second-order valence-corrected chi connectivity index (χ2v) is 10.6. The summed E-state index contributed by atoms with van der Waals surface area (Å²) in [6.45, 7) is 4.99. The van der Waals surface area contributed by atoms with Gasteiger partial charge in [-0.25, -0.2) is 0 Å². The van der Waals surface area contributed by atoms with Gasteiger partial charge >= 0.3 is 0 Å². The number of rotatable bonds is 13. The summed E-state index contributed by atoms with van der Waals surface area (Å²) >= 11 is 3.53. The number of amides is 2. The van der Waals surface area contributed by atoms with Crippen molar-refractivity contribution >= 4 is 27.7 Å². The summed E-state index contributed by atoms with van der Waals surface area (Å²) < 4.78 is 11.7. The first kappa shape index (κ1) is 29.2. The van der Waals surface area contributed by atoms with Gasteiger partial charge in [-0.2, -0.15) is 0 Å². The van der Waals surface area contributed by atoms with Crippen LogP contribution in [0.2, 0.25) is 0 Å². The van der Waals surface area contributed by atoms with Gasteiger partial charge in [-0.15, -0.1) is 0 Å². The Labute approximate surface area is 234 Å². The minimum atomic E-state index is -0.645. The van der Waals surface area contributed by atoms with Crippen LogP contribution >= 0.6 is 15.9 Å². The van der Waals surface area contributed by atoms with E-state index in [1.165, 1.54) is 0 Å². The Kier molecular flexibility index (Phi) is 11.2. The Hall–Kier alpha value is -3.32. The van der Waals surface area contributed by atoms with Crippen molar-refractivity contribution in [3.05, 3.63) is 94.0 Å². The first-order chi connectivity index (χ1) is 18.3. The number of halogens is 1. The fraction of sp³-hybridized carbons (Fsp3) is 0.355. The maximum Gasteiger partial charge on any atom is 0.243 e. The number of hydrogen-bond donors (Lipinski definition) is 1. The van der Waals surface area contributed by atoms with Gasteiger partial charge in [0.25, 0.3) is 0 Å². The Morgan fingerprint density at radius 1 is 0.868 bits per heavy atom. The van der Waals surface area contributed by atoms with E-state index < -0.39 is 6.04 Å². The molecule has 0 heterocycles. The normalized spacial score (nSPS) is 11.6. The van der Waals surface area contributed by atoms with Crippen molar-refractivity contribution in [2.75, 3.05) is 20.8 Å². The lowest BCUT2D eigenvalue weighted by atomic mass is 10.0. The molecule has 0 unspecified atom stereocenters. The molecule has 2 amide bonds. The van der Waals surface area contributed by atoms with Gasteiger partial charge in [0.1, 0.15) is 6.04 Å². The summed E-state index contributed by atoms with van der Waals surface area (Å²) in [6, 6.07) is 22.7. The molecular weight excluding hydrogens is 544 g/mol. The third-order valence-corrected chi connectivity index (χ3v) is 6.77. The van der Waals surface area contributed by atoms with Gasteiger partial charge in [0.05, 0.1) is 14.2 Å². The van der Waals surface area contributed by atoms with Crippen LogP contribution < -0.4 is 14.8 Å². The van der Waals surface area contributed by atoms with Crippen LogP contribution in [0.4, 0.5) is 0 Å². The molecule has 0 saturated carbocycles. The summed E-state index contributed by atoms with van der Waals surface area (Å²) in [4.78, 5) is 29.1. The lowest BCUT2D eigenvalue weighted by Crippen LogP contribution is -2.51. The van der Waals surface area contributed by atoms with E-state index in [9.17, 15) is 9.59 Å². The summed E-state index contributed by atoms with van der Waals surface area (Å²) in [6.07, 6.45) is 1.20. The third-order valence-electron chi connectivity index (χ3n) is 6.27. The van der Waals surface area contributed by atoms with Crippen molar-refractivity contribution in [2.45, 2.75) is 45.7 Å². The second kappa shape index (κ2) is 14.6. The molecule has 0 aliphatic heterocycles. The zero-order valence-corrected chi connectivity index (χ0v) is 24.2. The molecule has 0 bridgehead atoms. The molecule has 202 valence electrons. The van der Waals surface area contributed by atoms with Crippen LogP contribution in [-0.2, 0) is 29.0 Å². The summed E-state index contributed by atoms with van der Waals surface area (Å²) in [5.74, 6) is 1.34. The van der Waals surface area contributed by atoms with Crippen LogP contribution in [0, 0.1) is 5.92 Å². The topological polar surface area (TPSA) is 67.9 Å². The maximum absolute atomic E-state index is 13.8. The monoisotopic (exact) mass is 580 g/mol. The van der Waals surface area contributed by atoms with Gasteiger partial charge in [-0.1, -0.05) is 78.3 Å². The van der Waals surface area contributed by atoms with Gasteiger partial charge in [-0.05, 0) is 53.3 Å². The molecule has 6 nitrogen and oxygen atoms in total. The number of benzene rings is 3. The number of carbonyl (C=O) groups excluding carboxylic acids is 2. The van der Waals surface area contributed by atoms with Crippen LogP contribution in [0.25, 0.3) is 0 Å². The lowest BCUT2D eigenvalue weighted by molar-refractivity contribution is -0.141. The highest BCUT2D eigenvalue weighted by molar-refractivity contribution is 9.10. The van der Waals surface area contributed by atoms with E-state index in [0.29, 0.717) is 43.3 Å². The van der Waals surface area contributed by atoms with Gasteiger partial charge in [-0.3, -0.25) is 9.59 Å². The molecule has 0 aliphatic rings. The van der Waals surface area contributed by atoms with E-state index in [2.05, 4.69) is 35.1 Å². The standard InChI is InChI=1S/C31H37BrN2O4/c1-22(2)20-33-31(36)27(18-23-9-6-5-7-10-23)34(21-25-11-8-12-26(32)17-25)30(35)16-14-24-13-15-28(37-3)29(19-24)38-4/h5-13,15,17,19,22,27H,14,16,18,20-21H2,1-4H3,(H,33,36)/t27-/m0/s1. The summed E-state index contributed by atoms with van der Waals surface area (Å²) in [5.41, 5.74) is 2.92. The Bertz CT molecular complexity index is 1200. The van der Waals surface area contributed by atoms with Crippen molar-refractivity contribution in [2.24, 2.45) is 5.92 Å². The van der Waals surface area contributed by atoms with E-state index >= 15 is 0 Å². The molecular formula is C31H37BrN2O4. The van der Waals surface area contributed by atoms with E-state index in [0.717, 1.165) is 21.2 Å². The highest BCUT2D eigenvalue weighted by Gasteiger charge is 2.30. The predicted molar refractivity (Wildman–Crippen MR) is 154 cm³/mol. The average molecular weight is 582 g/mol. The van der Waals surface area contributed by atoms with Gasteiger partial charge in [0, 0.05) is 30.4 Å². The minimum Gasteiger partial charge on any atom is -0.493 e. The molecule has 3 rings (SSSR count). The molecule has 3 aromatic carbocycles. The number of hydrogen-bond acceptors (Lipinski definition) is 4. The molecule has 0 aliphatic carbocycles. The molecule has 38 heavy (non-hydrogen) atoms. The molecule has 0 aromatic heterocycles. The fourth-order valence-corrected chi connectivity index (χ4v) is 4.69. The largest absolute Gasteiger partial charge is 0.493 e. The van der Waals surface area contributed by atoms with Crippen LogP contribution in [0.5, 0.6) is 11.5 Å². The van der Waals surface area contributed by atoms with Crippen LogP contribution in [-0.4, -0.2) is 43.5 Å². The molecule has 0 saturated heterocycles. The molecule has 0 radical (unpaired) electrons. The molecule has 0 fully saturated rings. The number of carbonyl (C=O) groups is 2. The van der Waals surface area contributed by atoms with Crippen LogP contribution in [0.1, 0.15) is 37.0 Å². The van der Waals surface area contributed by atoms with Crippen molar-refractivity contribution in [3.8, 4) is 11.5 Å². The molecule has 1 N–H and O–H groups in total. The summed E-state index contributed by atoms with van der Waals surface area (Å²) in [5, 5.41) is 3.06. The van der Waals surface area contributed by atoms with Crippen molar-refractivity contribution in [3.63, 3.8) is 0 Å². The number of nitrogens with one attached hydrogen (secondary N) is 1. The number of nitrogens with zero attached hydrogens (tertiary/aromatic N) is 1. The van der Waals surface area contributed by atoms with E-state index in [1.807, 2.05) is 72.8 Å². The molecule has 7 heteroatoms. The SMILES string of the molecule is COc1ccc(CCC(=O)N(Cc2cccc(Br)c2)[C@@H](Cc2ccccc2)C(=O)NCC(C)C)cc1OC. The van der Waals surface area contributed by atoms with Crippen molar-refractivity contribution in [1.82, 2.24) is 10.2 Å². The van der Waals surface area contributed by atoms with E-state index in [1.54, 1.807) is 19.1 Å². The number of methoxy groups -OCH3 is 2. The Morgan fingerprint density at radius 3 is 2.24 bits per heavy atom. The van der Waals surface area contributed by atoms with Gasteiger partial charge < -0.3 is 19.7 Å². The zero-order valence-electron chi connectivity index (χ0n) is 22.6. The molecule has 3 aromatic rings. The van der Waals surface area contributed by atoms with Crippen LogP contribution in [0.3, 0.4) is 0 Å². The minimum absolute atomic E-state index is 0.0830. The van der Waals surface area contributed by atoms with Crippen molar-refractivity contribution < 1.29 is 19.1 Å². The number of ether oxygens (including phenoxy) is 2. The van der Waals surface area contributed by atoms with Gasteiger partial charge in [0.2, 0.25) is 11.8 Å². The Balaban J connectivity index is 1.90. The molecule has 1 atom stereocenters. The van der Waals surface area contributed by atoms with Gasteiger partial charge in [0.15, 0.2) is 11.5 Å². The molecule has 0 spiro atoms. The van der Waals surface area contributed by atoms with E-state index in [4.69, 9.17) is 9.47 Å².